The fraction of sp³-hybridized carbons (Fsp3) is 0.250. The molecule has 0 bridgehead atoms. The molecule has 3 aromatic rings. The number of anilines is 2. The fourth-order valence-corrected chi connectivity index (χ4v) is 4.27. The largest absolute Gasteiger partial charge is 0.368 e. The van der Waals surface area contributed by atoms with Gasteiger partial charge in [-0.2, -0.15) is 0 Å². The molecule has 1 amide bonds. The van der Waals surface area contributed by atoms with Crippen molar-refractivity contribution >= 4 is 23.2 Å². The molecule has 31 heavy (non-hydrogen) atoms. The number of fused-ring (bicyclic) bond motifs is 1. The number of carbonyl (C=O) groups is 1. The average Bonchev–Trinajstić information content (AvgIpc) is 2.83. The summed E-state index contributed by atoms with van der Waals surface area (Å²) >= 11 is 0. The molecule has 1 spiro atoms. The van der Waals surface area contributed by atoms with Crippen molar-refractivity contribution in [1.82, 2.24) is 14.9 Å². The summed E-state index contributed by atoms with van der Waals surface area (Å²) in [6, 6.07) is 19.5. The number of benzene rings is 1. The van der Waals surface area contributed by atoms with Gasteiger partial charge in [-0.3, -0.25) is 14.8 Å². The third kappa shape index (κ3) is 3.86. The first-order valence-corrected chi connectivity index (χ1v) is 10.5. The maximum Gasteiger partial charge on any atom is 0.272 e. The zero-order valence-electron chi connectivity index (χ0n) is 17.2. The van der Waals surface area contributed by atoms with Gasteiger partial charge < -0.3 is 15.5 Å². The number of pyridine rings is 2. The lowest BCUT2D eigenvalue weighted by Crippen LogP contribution is -2.62. The van der Waals surface area contributed by atoms with Gasteiger partial charge in [-0.15, -0.1) is 0 Å². The standard InChI is InChI=1S/C24H24N6O/c31-22(20-10-4-5-13-25-20)30-15-7-12-24(17-30)23(27-16-18-8-2-1-3-9-18)28-21-19(29-24)11-6-14-26-21/h1-6,8-11,13-14,29H,7,12,15-17H2,(H,26,27,28). The van der Waals surface area contributed by atoms with E-state index in [9.17, 15) is 4.79 Å². The lowest BCUT2D eigenvalue weighted by atomic mass is 9.85. The lowest BCUT2D eigenvalue weighted by Gasteiger charge is -2.46. The Labute approximate surface area is 181 Å². The van der Waals surface area contributed by atoms with Gasteiger partial charge in [-0.25, -0.2) is 4.98 Å². The Morgan fingerprint density at radius 3 is 2.71 bits per heavy atom. The first kappa shape index (κ1) is 19.2. The van der Waals surface area contributed by atoms with Gasteiger partial charge in [0.1, 0.15) is 17.1 Å². The van der Waals surface area contributed by atoms with E-state index in [4.69, 9.17) is 4.99 Å². The molecule has 0 radical (unpaired) electrons. The first-order valence-electron chi connectivity index (χ1n) is 10.5. The second-order valence-corrected chi connectivity index (χ2v) is 7.93. The summed E-state index contributed by atoms with van der Waals surface area (Å²) in [4.78, 5) is 28.7. The predicted octanol–water partition coefficient (Wildman–Crippen LogP) is 3.59. The van der Waals surface area contributed by atoms with E-state index in [1.807, 2.05) is 47.4 Å². The molecule has 0 saturated carbocycles. The molecule has 2 aliphatic heterocycles. The average molecular weight is 412 g/mol. The van der Waals surface area contributed by atoms with Crippen LogP contribution in [0.5, 0.6) is 0 Å². The van der Waals surface area contributed by atoms with Crippen molar-refractivity contribution in [2.45, 2.75) is 24.9 Å². The molecule has 1 fully saturated rings. The van der Waals surface area contributed by atoms with Crippen molar-refractivity contribution in [1.29, 1.82) is 0 Å². The molecule has 1 atom stereocenters. The van der Waals surface area contributed by atoms with Gasteiger partial charge in [0.25, 0.3) is 5.91 Å². The molecule has 7 heteroatoms. The zero-order chi connectivity index (χ0) is 21.1. The first-order chi connectivity index (χ1) is 15.2. The van der Waals surface area contributed by atoms with Crippen molar-refractivity contribution in [2.75, 3.05) is 23.7 Å². The maximum absolute atomic E-state index is 13.1. The van der Waals surface area contributed by atoms with Crippen LogP contribution in [0.25, 0.3) is 0 Å². The number of hydrogen-bond acceptors (Lipinski definition) is 5. The number of aromatic nitrogens is 2. The monoisotopic (exact) mass is 412 g/mol. The molecule has 2 aromatic heterocycles. The molecule has 5 rings (SSSR count). The van der Waals surface area contributed by atoms with Gasteiger partial charge in [0.2, 0.25) is 0 Å². The Hall–Kier alpha value is -3.74. The molecule has 1 unspecified atom stereocenters. The maximum atomic E-state index is 13.1. The van der Waals surface area contributed by atoms with Gasteiger partial charge >= 0.3 is 0 Å². The lowest BCUT2D eigenvalue weighted by molar-refractivity contribution is 0.0688. The molecule has 156 valence electrons. The van der Waals surface area contributed by atoms with Crippen molar-refractivity contribution in [2.24, 2.45) is 4.99 Å². The highest BCUT2D eigenvalue weighted by atomic mass is 16.2. The normalized spacial score (nSPS) is 21.3. The highest BCUT2D eigenvalue weighted by Gasteiger charge is 2.45. The van der Waals surface area contributed by atoms with Crippen LogP contribution in [0.15, 0.2) is 78.0 Å². The van der Waals surface area contributed by atoms with Gasteiger partial charge in [0, 0.05) is 18.9 Å². The zero-order valence-corrected chi connectivity index (χ0v) is 17.2. The predicted molar refractivity (Wildman–Crippen MR) is 121 cm³/mol. The second-order valence-electron chi connectivity index (χ2n) is 7.93. The molecule has 4 heterocycles. The van der Waals surface area contributed by atoms with E-state index in [-0.39, 0.29) is 5.91 Å². The molecular weight excluding hydrogens is 388 g/mol. The molecule has 0 aliphatic carbocycles. The van der Waals surface area contributed by atoms with Crippen LogP contribution in [0.1, 0.15) is 28.9 Å². The molecule has 1 saturated heterocycles. The van der Waals surface area contributed by atoms with Gasteiger partial charge in [-0.1, -0.05) is 36.4 Å². The summed E-state index contributed by atoms with van der Waals surface area (Å²) in [5.41, 5.74) is 2.03. The van der Waals surface area contributed by atoms with Crippen LogP contribution in [-0.2, 0) is 6.54 Å². The molecule has 7 nitrogen and oxygen atoms in total. The van der Waals surface area contributed by atoms with Crippen molar-refractivity contribution in [3.63, 3.8) is 0 Å². The van der Waals surface area contributed by atoms with Crippen LogP contribution in [-0.4, -0.2) is 45.2 Å². The summed E-state index contributed by atoms with van der Waals surface area (Å²) in [5.74, 6) is 1.52. The summed E-state index contributed by atoms with van der Waals surface area (Å²) < 4.78 is 0. The summed E-state index contributed by atoms with van der Waals surface area (Å²) in [6.45, 7) is 1.77. The number of amidine groups is 1. The van der Waals surface area contributed by atoms with E-state index >= 15 is 0 Å². The SMILES string of the molecule is O=C(c1ccccn1)N1CCCC2(C1)Nc1cccnc1NC2=NCc1ccccc1. The minimum atomic E-state index is -0.493. The number of aliphatic imine (C=N–C) groups is 1. The Morgan fingerprint density at radius 1 is 1.03 bits per heavy atom. The van der Waals surface area contributed by atoms with Crippen LogP contribution in [0.2, 0.25) is 0 Å². The molecule has 2 N–H and O–H groups in total. The Balaban J connectivity index is 1.48. The smallest absolute Gasteiger partial charge is 0.272 e. The second kappa shape index (κ2) is 8.18. The van der Waals surface area contributed by atoms with Crippen molar-refractivity contribution in [3.05, 3.63) is 84.3 Å². The number of carbonyl (C=O) groups excluding carboxylic acids is 1. The summed E-state index contributed by atoms with van der Waals surface area (Å²) in [6.07, 6.45) is 5.15. The van der Waals surface area contributed by atoms with Crippen LogP contribution in [0.3, 0.4) is 0 Å². The van der Waals surface area contributed by atoms with Gasteiger partial charge in [0.15, 0.2) is 5.82 Å². The van der Waals surface area contributed by atoms with Gasteiger partial charge in [0.05, 0.1) is 18.8 Å². The Bertz CT molecular complexity index is 1100. The third-order valence-electron chi connectivity index (χ3n) is 5.80. The van der Waals surface area contributed by atoms with Crippen LogP contribution >= 0.6 is 0 Å². The van der Waals surface area contributed by atoms with E-state index in [1.165, 1.54) is 0 Å². The Morgan fingerprint density at radius 2 is 1.87 bits per heavy atom. The third-order valence-corrected chi connectivity index (χ3v) is 5.80. The highest BCUT2D eigenvalue weighted by molar-refractivity contribution is 6.09. The fourth-order valence-electron chi connectivity index (χ4n) is 4.27. The van der Waals surface area contributed by atoms with Crippen LogP contribution in [0, 0.1) is 0 Å². The van der Waals surface area contributed by atoms with Crippen LogP contribution in [0.4, 0.5) is 11.5 Å². The van der Waals surface area contributed by atoms with Gasteiger partial charge in [-0.05, 0) is 42.7 Å². The topological polar surface area (TPSA) is 82.5 Å². The number of amides is 1. The summed E-state index contributed by atoms with van der Waals surface area (Å²) in [5, 5.41) is 7.11. The minimum absolute atomic E-state index is 0.0548. The van der Waals surface area contributed by atoms with E-state index in [0.717, 1.165) is 35.7 Å². The minimum Gasteiger partial charge on any atom is -0.368 e. The van der Waals surface area contributed by atoms with E-state index < -0.39 is 5.54 Å². The van der Waals surface area contributed by atoms with Crippen molar-refractivity contribution < 1.29 is 4.79 Å². The number of nitrogens with one attached hydrogen (secondary N) is 2. The number of rotatable bonds is 3. The highest BCUT2D eigenvalue weighted by Crippen LogP contribution is 2.35. The number of piperidine rings is 1. The summed E-state index contributed by atoms with van der Waals surface area (Å²) in [7, 11) is 0. The van der Waals surface area contributed by atoms with Crippen molar-refractivity contribution in [3.8, 4) is 0 Å². The Kier molecular flexibility index (Phi) is 5.08. The number of likely N-dealkylation sites (tertiary alicyclic amines) is 1. The molecule has 2 aliphatic rings. The number of nitrogens with zero attached hydrogens (tertiary/aromatic N) is 4. The van der Waals surface area contributed by atoms with E-state index in [0.29, 0.717) is 25.3 Å². The molecular formula is C24H24N6O. The molecule has 1 aromatic carbocycles. The number of hydrogen-bond donors (Lipinski definition) is 2. The van der Waals surface area contributed by atoms with Crippen LogP contribution < -0.4 is 10.6 Å². The van der Waals surface area contributed by atoms with E-state index in [2.05, 4.69) is 32.7 Å². The van der Waals surface area contributed by atoms with E-state index in [1.54, 1.807) is 18.5 Å². The quantitative estimate of drug-likeness (QED) is 0.687.